The lowest BCUT2D eigenvalue weighted by atomic mass is 10.1. The number of rotatable bonds is 3. The second-order valence-electron chi connectivity index (χ2n) is 3.21. The molecule has 5 heteroatoms. The number of pyridine rings is 1. The largest absolute Gasteiger partial charge is 0.481 e. The molecule has 2 heterocycles. The highest BCUT2D eigenvalue weighted by atomic mass is 35.5. The Balaban J connectivity index is 2.10. The minimum Gasteiger partial charge on any atom is -0.481 e. The van der Waals surface area contributed by atoms with Gasteiger partial charge in [0, 0.05) is 24.2 Å². The molecule has 1 aromatic heterocycles. The number of hydrogen-bond acceptors (Lipinski definition) is 4. The van der Waals surface area contributed by atoms with Gasteiger partial charge in [0.15, 0.2) is 0 Å². The van der Waals surface area contributed by atoms with Crippen molar-refractivity contribution in [1.29, 1.82) is 0 Å². The maximum atomic E-state index is 5.67. The Morgan fingerprint density at radius 3 is 3.00 bits per heavy atom. The van der Waals surface area contributed by atoms with Gasteiger partial charge in [0.05, 0.1) is 18.7 Å². The second kappa shape index (κ2) is 4.49. The maximum Gasteiger partial charge on any atom is 0.212 e. The Labute approximate surface area is 92.8 Å². The molecule has 0 radical (unpaired) electrons. The van der Waals surface area contributed by atoms with Crippen molar-refractivity contribution >= 4 is 17.3 Å². The van der Waals surface area contributed by atoms with Gasteiger partial charge in [-0.05, 0) is 6.07 Å². The molecular weight excluding hydrogens is 216 g/mol. The molecule has 0 N–H and O–H groups in total. The molecule has 80 valence electrons. The van der Waals surface area contributed by atoms with Crippen LogP contribution in [0, 0.1) is 0 Å². The molecule has 0 saturated carbocycles. The summed E-state index contributed by atoms with van der Waals surface area (Å²) in [7, 11) is 1.59. The number of ether oxygens (including phenoxy) is 1. The number of nitrogens with zero attached hydrogens (tertiary/aromatic N) is 2. The molecule has 0 aromatic carbocycles. The average Bonchev–Trinajstić information content (AvgIpc) is 2.78. The van der Waals surface area contributed by atoms with E-state index in [2.05, 4.69) is 10.1 Å². The van der Waals surface area contributed by atoms with Gasteiger partial charge in [0.2, 0.25) is 5.88 Å². The van der Waals surface area contributed by atoms with E-state index in [1.807, 2.05) is 6.07 Å². The Kier molecular flexibility index (Phi) is 3.06. The normalized spacial score (nSPS) is 19.6. The number of methoxy groups -OCH3 is 1. The first-order valence-corrected chi connectivity index (χ1v) is 5.16. The first-order chi connectivity index (χ1) is 7.33. The summed E-state index contributed by atoms with van der Waals surface area (Å²) in [5.74, 6) is 1.04. The zero-order chi connectivity index (χ0) is 10.7. The Hall–Kier alpha value is -1.29. The van der Waals surface area contributed by atoms with E-state index in [1.54, 1.807) is 19.4 Å². The zero-order valence-corrected chi connectivity index (χ0v) is 9.07. The summed E-state index contributed by atoms with van der Waals surface area (Å²) in [4.78, 5) is 9.22. The maximum absolute atomic E-state index is 5.67. The molecule has 0 aliphatic carbocycles. The minimum absolute atomic E-state index is 0.0104. The van der Waals surface area contributed by atoms with E-state index < -0.39 is 0 Å². The van der Waals surface area contributed by atoms with Crippen molar-refractivity contribution in [2.45, 2.75) is 12.5 Å². The van der Waals surface area contributed by atoms with Crippen LogP contribution in [0.1, 0.15) is 12.0 Å². The van der Waals surface area contributed by atoms with Gasteiger partial charge >= 0.3 is 0 Å². The van der Waals surface area contributed by atoms with Gasteiger partial charge in [-0.25, -0.2) is 4.98 Å². The standard InChI is InChI=1S/C10H11ClN2O2/c1-14-10-3-2-7(6-12-10)9-4-8(5-11)15-13-9/h2-3,6,8H,4-5H2,1H3. The van der Waals surface area contributed by atoms with Crippen LogP contribution in [0.4, 0.5) is 0 Å². The molecule has 1 unspecified atom stereocenters. The van der Waals surface area contributed by atoms with Crippen molar-refractivity contribution in [3.63, 3.8) is 0 Å². The molecule has 0 bridgehead atoms. The molecule has 1 atom stereocenters. The molecule has 1 aliphatic heterocycles. The quantitative estimate of drug-likeness (QED) is 0.739. The lowest BCUT2D eigenvalue weighted by Gasteiger charge is -2.01. The predicted octanol–water partition coefficient (Wildman–Crippen LogP) is 1.82. The van der Waals surface area contributed by atoms with Gasteiger partial charge < -0.3 is 9.57 Å². The summed E-state index contributed by atoms with van der Waals surface area (Å²) in [5.41, 5.74) is 1.83. The lowest BCUT2D eigenvalue weighted by molar-refractivity contribution is 0.102. The third-order valence-corrected chi connectivity index (χ3v) is 2.53. The van der Waals surface area contributed by atoms with Gasteiger partial charge in [-0.15, -0.1) is 11.6 Å². The van der Waals surface area contributed by atoms with Crippen LogP contribution in [-0.4, -0.2) is 29.8 Å². The smallest absolute Gasteiger partial charge is 0.212 e. The van der Waals surface area contributed by atoms with E-state index in [4.69, 9.17) is 21.2 Å². The van der Waals surface area contributed by atoms with Crippen LogP contribution in [-0.2, 0) is 4.84 Å². The van der Waals surface area contributed by atoms with E-state index in [0.717, 1.165) is 17.7 Å². The molecule has 0 amide bonds. The summed E-state index contributed by atoms with van der Waals surface area (Å²) in [6.07, 6.45) is 2.44. The summed E-state index contributed by atoms with van der Waals surface area (Å²) in [6.45, 7) is 0. The summed E-state index contributed by atoms with van der Waals surface area (Å²) in [6, 6.07) is 3.70. The van der Waals surface area contributed by atoms with Crippen LogP contribution in [0.2, 0.25) is 0 Å². The van der Waals surface area contributed by atoms with Crippen LogP contribution < -0.4 is 4.74 Å². The van der Waals surface area contributed by atoms with E-state index >= 15 is 0 Å². The van der Waals surface area contributed by atoms with Crippen LogP contribution in [0.15, 0.2) is 23.5 Å². The number of oxime groups is 1. The van der Waals surface area contributed by atoms with Crippen LogP contribution in [0.3, 0.4) is 0 Å². The third-order valence-electron chi connectivity index (χ3n) is 2.18. The van der Waals surface area contributed by atoms with Crippen LogP contribution in [0.25, 0.3) is 0 Å². The number of halogens is 1. The monoisotopic (exact) mass is 226 g/mol. The van der Waals surface area contributed by atoms with E-state index in [0.29, 0.717) is 11.8 Å². The van der Waals surface area contributed by atoms with E-state index in [-0.39, 0.29) is 6.10 Å². The molecule has 0 saturated heterocycles. The molecule has 4 nitrogen and oxygen atoms in total. The van der Waals surface area contributed by atoms with Crippen molar-refractivity contribution in [3.8, 4) is 5.88 Å². The summed E-state index contributed by atoms with van der Waals surface area (Å²) in [5, 5.41) is 3.97. The van der Waals surface area contributed by atoms with Crippen LogP contribution in [0.5, 0.6) is 5.88 Å². The highest BCUT2D eigenvalue weighted by Gasteiger charge is 2.21. The average molecular weight is 227 g/mol. The number of alkyl halides is 1. The van der Waals surface area contributed by atoms with Crippen molar-refractivity contribution in [2.24, 2.45) is 5.16 Å². The van der Waals surface area contributed by atoms with E-state index in [1.165, 1.54) is 0 Å². The summed E-state index contributed by atoms with van der Waals surface area (Å²) < 4.78 is 4.97. The van der Waals surface area contributed by atoms with Gasteiger partial charge in [-0.3, -0.25) is 0 Å². The topological polar surface area (TPSA) is 43.7 Å². The molecule has 15 heavy (non-hydrogen) atoms. The van der Waals surface area contributed by atoms with E-state index in [9.17, 15) is 0 Å². The second-order valence-corrected chi connectivity index (χ2v) is 3.52. The third kappa shape index (κ3) is 2.21. The summed E-state index contributed by atoms with van der Waals surface area (Å²) >= 11 is 5.67. The fraction of sp³-hybridized carbons (Fsp3) is 0.400. The van der Waals surface area contributed by atoms with Gasteiger partial charge in [0.1, 0.15) is 6.10 Å². The predicted molar refractivity (Wildman–Crippen MR) is 57.5 cm³/mol. The minimum atomic E-state index is -0.0104. The van der Waals surface area contributed by atoms with Crippen molar-refractivity contribution in [3.05, 3.63) is 23.9 Å². The Morgan fingerprint density at radius 2 is 2.47 bits per heavy atom. The highest BCUT2D eigenvalue weighted by molar-refractivity contribution is 6.18. The zero-order valence-electron chi connectivity index (χ0n) is 8.31. The highest BCUT2D eigenvalue weighted by Crippen LogP contribution is 2.18. The van der Waals surface area contributed by atoms with Gasteiger partial charge in [-0.2, -0.15) is 0 Å². The lowest BCUT2D eigenvalue weighted by Crippen LogP contribution is -2.09. The molecule has 1 aliphatic rings. The van der Waals surface area contributed by atoms with Crippen molar-refractivity contribution < 1.29 is 9.57 Å². The fourth-order valence-corrected chi connectivity index (χ4v) is 1.52. The molecule has 1 aromatic rings. The van der Waals surface area contributed by atoms with Gasteiger partial charge in [-0.1, -0.05) is 5.16 Å². The Bertz CT molecular complexity index is 364. The van der Waals surface area contributed by atoms with Crippen molar-refractivity contribution in [1.82, 2.24) is 4.98 Å². The Morgan fingerprint density at radius 1 is 1.60 bits per heavy atom. The SMILES string of the molecule is COc1ccc(C2=NOC(CCl)C2)cn1. The van der Waals surface area contributed by atoms with Crippen LogP contribution >= 0.6 is 11.6 Å². The number of aromatic nitrogens is 1. The van der Waals surface area contributed by atoms with Crippen molar-refractivity contribution in [2.75, 3.05) is 13.0 Å². The fourth-order valence-electron chi connectivity index (χ4n) is 1.35. The van der Waals surface area contributed by atoms with Gasteiger partial charge in [0.25, 0.3) is 0 Å². The molecule has 0 fully saturated rings. The molecule has 0 spiro atoms. The number of hydrogen-bond donors (Lipinski definition) is 0. The first-order valence-electron chi connectivity index (χ1n) is 4.62. The molecule has 2 rings (SSSR count). The molecular formula is C10H11ClN2O2. The first kappa shape index (κ1) is 10.2.